The van der Waals surface area contributed by atoms with Gasteiger partial charge in [0.25, 0.3) is 0 Å². The number of carbonyl (C=O) groups excluding carboxylic acids is 4. The molecule has 0 aliphatic heterocycles. The van der Waals surface area contributed by atoms with Crippen molar-refractivity contribution in [3.05, 3.63) is 0 Å². The molecule has 0 aliphatic rings. The summed E-state index contributed by atoms with van der Waals surface area (Å²) in [7, 11) is 0. The van der Waals surface area contributed by atoms with Crippen LogP contribution in [-0.4, -0.2) is 34.6 Å². The zero-order valence-corrected chi connectivity index (χ0v) is 20.7. The number of nitrogens with two attached hydrogens (primary N) is 2. The Balaban J connectivity index is -0.0000000951. The maximum absolute atomic E-state index is 10.1. The third-order valence-corrected chi connectivity index (χ3v) is 1.25. The molecule has 10 nitrogen and oxygen atoms in total. The molecule has 0 rings (SSSR count). The smallest absolute Gasteiger partial charge is 0.550 e. The molecule has 0 spiro atoms. The van der Waals surface area contributed by atoms with Crippen LogP contribution >= 0.6 is 0 Å². The number of urea groups is 1. The second kappa shape index (κ2) is 17.9. The molecule has 0 unspecified atom stereocenters. The molecule has 0 aromatic rings. The Morgan fingerprint density at radius 1 is 0.850 bits per heavy atom. The van der Waals surface area contributed by atoms with Gasteiger partial charge in [0.2, 0.25) is 0 Å². The molecular formula is C7H9K3N2O8. The van der Waals surface area contributed by atoms with Gasteiger partial charge in [-0.2, -0.15) is 0 Å². The molecule has 0 heterocycles. The molecule has 0 fully saturated rings. The number of carboxylic acid groups (broad SMARTS) is 3. The van der Waals surface area contributed by atoms with E-state index >= 15 is 0 Å². The van der Waals surface area contributed by atoms with Crippen molar-refractivity contribution >= 4 is 23.9 Å². The normalized spacial score (nSPS) is 8.25. The Hall–Kier alpha value is 2.55. The van der Waals surface area contributed by atoms with Gasteiger partial charge in [0.15, 0.2) is 0 Å². The van der Waals surface area contributed by atoms with E-state index in [1.165, 1.54) is 0 Å². The average Bonchev–Trinajstić information content (AvgIpc) is 1.98. The first-order chi connectivity index (χ1) is 7.51. The van der Waals surface area contributed by atoms with Gasteiger partial charge in [-0.15, -0.1) is 0 Å². The minimum Gasteiger partial charge on any atom is -0.550 e. The molecular weight excluding hydrogens is 357 g/mol. The number of rotatable bonds is 5. The van der Waals surface area contributed by atoms with Crippen LogP contribution in [0, 0.1) is 0 Å². The molecule has 98 valence electrons. The number of aliphatic hydroxyl groups is 1. The van der Waals surface area contributed by atoms with Crippen LogP contribution in [0.1, 0.15) is 12.8 Å². The van der Waals surface area contributed by atoms with Gasteiger partial charge in [-0.05, 0) is 0 Å². The second-order valence-corrected chi connectivity index (χ2v) is 2.82. The Bertz CT molecular complexity index is 318. The van der Waals surface area contributed by atoms with E-state index in [1.807, 2.05) is 0 Å². The van der Waals surface area contributed by atoms with Crippen molar-refractivity contribution in [3.8, 4) is 0 Å². The van der Waals surface area contributed by atoms with Crippen LogP contribution in [0.3, 0.4) is 0 Å². The van der Waals surface area contributed by atoms with Gasteiger partial charge in [0.1, 0.15) is 5.60 Å². The summed E-state index contributed by atoms with van der Waals surface area (Å²) in [6.07, 6.45) is -2.72. The van der Waals surface area contributed by atoms with Crippen LogP contribution in [0.4, 0.5) is 4.79 Å². The van der Waals surface area contributed by atoms with Crippen LogP contribution in [0.5, 0.6) is 0 Å². The van der Waals surface area contributed by atoms with Crippen molar-refractivity contribution in [1.29, 1.82) is 0 Å². The number of carbonyl (C=O) groups is 4. The number of amides is 2. The van der Waals surface area contributed by atoms with Crippen LogP contribution < -0.4 is 181 Å². The molecule has 0 aromatic carbocycles. The molecule has 20 heavy (non-hydrogen) atoms. The standard InChI is InChI=1S/C6H8O7.CH4N2O.3K/c7-3(8)1-6(13,5(11)12)2-4(9)10;2-1(3)4;;;/h13H,1-2H2,(H,7,8)(H,9,10)(H,11,12);(H4,2,3,4);;;/q;;3*+1/p-3. The van der Waals surface area contributed by atoms with E-state index < -0.39 is 42.4 Å². The van der Waals surface area contributed by atoms with E-state index in [0.717, 1.165) is 0 Å². The summed E-state index contributed by atoms with van der Waals surface area (Å²) >= 11 is 0. The minimum atomic E-state index is -2.97. The van der Waals surface area contributed by atoms with E-state index in [-0.39, 0.29) is 154 Å². The van der Waals surface area contributed by atoms with E-state index in [0.29, 0.717) is 0 Å². The quantitative estimate of drug-likeness (QED) is 0.396. The maximum Gasteiger partial charge on any atom is 1.00 e. The maximum atomic E-state index is 10.1. The molecule has 0 bridgehead atoms. The van der Waals surface area contributed by atoms with E-state index in [1.54, 1.807) is 0 Å². The summed E-state index contributed by atoms with van der Waals surface area (Å²) in [5.74, 6) is -5.98. The first kappa shape index (κ1) is 34.0. The summed E-state index contributed by atoms with van der Waals surface area (Å²) in [5, 5.41) is 38.9. The van der Waals surface area contributed by atoms with Crippen LogP contribution in [0.25, 0.3) is 0 Å². The molecule has 0 aliphatic carbocycles. The summed E-state index contributed by atoms with van der Waals surface area (Å²) in [6.45, 7) is 0. The van der Waals surface area contributed by atoms with Gasteiger partial charge >= 0.3 is 160 Å². The van der Waals surface area contributed by atoms with E-state index in [4.69, 9.17) is 9.90 Å². The largest absolute Gasteiger partial charge is 1.00 e. The average molecular weight is 366 g/mol. The predicted molar refractivity (Wildman–Crippen MR) is 43.0 cm³/mol. The topological polar surface area (TPSA) is 210 Å². The van der Waals surface area contributed by atoms with Gasteiger partial charge in [-0.1, -0.05) is 0 Å². The van der Waals surface area contributed by atoms with Crippen molar-refractivity contribution < 1.29 is 194 Å². The van der Waals surface area contributed by atoms with Crippen molar-refractivity contribution in [2.24, 2.45) is 11.5 Å². The summed E-state index contributed by atoms with van der Waals surface area (Å²) in [4.78, 5) is 39.0. The van der Waals surface area contributed by atoms with Crippen molar-refractivity contribution in [2.75, 3.05) is 0 Å². The van der Waals surface area contributed by atoms with Crippen molar-refractivity contribution in [1.82, 2.24) is 0 Å². The van der Waals surface area contributed by atoms with Gasteiger partial charge < -0.3 is 46.3 Å². The molecule has 0 saturated heterocycles. The minimum absolute atomic E-state index is 0. The third kappa shape index (κ3) is 22.8. The Labute approximate surface area is 241 Å². The third-order valence-electron chi connectivity index (χ3n) is 1.25. The van der Waals surface area contributed by atoms with Gasteiger partial charge in [-0.25, -0.2) is 4.79 Å². The first-order valence-electron chi connectivity index (χ1n) is 3.89. The fourth-order valence-electron chi connectivity index (χ4n) is 0.684. The Kier molecular flexibility index (Phi) is 30.4. The summed E-state index contributed by atoms with van der Waals surface area (Å²) in [5.41, 5.74) is 5.53. The van der Waals surface area contributed by atoms with Gasteiger partial charge in [0, 0.05) is 24.8 Å². The van der Waals surface area contributed by atoms with Crippen LogP contribution in [0.2, 0.25) is 0 Å². The van der Waals surface area contributed by atoms with E-state index in [2.05, 4.69) is 11.5 Å². The van der Waals surface area contributed by atoms with Gasteiger partial charge in [0.05, 0.1) is 5.97 Å². The number of hydrogen-bond acceptors (Lipinski definition) is 8. The van der Waals surface area contributed by atoms with Crippen molar-refractivity contribution in [3.63, 3.8) is 0 Å². The fraction of sp³-hybridized carbons (Fsp3) is 0.429. The molecule has 5 N–H and O–H groups in total. The molecule has 13 heteroatoms. The zero-order chi connectivity index (χ0) is 14.2. The SMILES string of the molecule is NC(N)=O.O=C([O-])CC(O)(CC(=O)[O-])C(=O)[O-].[K+].[K+].[K+]. The second-order valence-electron chi connectivity index (χ2n) is 2.82. The Morgan fingerprint density at radius 3 is 1.15 bits per heavy atom. The summed E-state index contributed by atoms with van der Waals surface area (Å²) < 4.78 is 0. The fourth-order valence-corrected chi connectivity index (χ4v) is 0.684. The monoisotopic (exact) mass is 366 g/mol. The number of aliphatic carboxylic acids is 3. The zero-order valence-electron chi connectivity index (χ0n) is 11.4. The predicted octanol–water partition coefficient (Wildman–Crippen LogP) is -15.2. The summed E-state index contributed by atoms with van der Waals surface area (Å²) in [6, 6.07) is -0.833. The number of hydrogen-bond donors (Lipinski definition) is 3. The molecule has 2 amide bonds. The molecule has 0 saturated carbocycles. The molecule has 0 aromatic heterocycles. The number of primary amides is 2. The van der Waals surface area contributed by atoms with E-state index in [9.17, 15) is 29.7 Å². The van der Waals surface area contributed by atoms with Gasteiger partial charge in [-0.3, -0.25) is 0 Å². The Morgan fingerprint density at radius 2 is 1.05 bits per heavy atom. The first-order valence-corrected chi connectivity index (χ1v) is 3.89. The molecule has 0 radical (unpaired) electrons. The van der Waals surface area contributed by atoms with Crippen LogP contribution in [-0.2, 0) is 14.4 Å². The number of carboxylic acids is 3. The van der Waals surface area contributed by atoms with Crippen molar-refractivity contribution in [2.45, 2.75) is 18.4 Å². The van der Waals surface area contributed by atoms with Crippen LogP contribution in [0.15, 0.2) is 0 Å². The molecule has 0 atom stereocenters.